The van der Waals surface area contributed by atoms with Crippen LogP contribution in [-0.4, -0.2) is 36.5 Å². The number of hydrogen-bond donors (Lipinski definition) is 2. The molecule has 122 valence electrons. The molecular weight excluding hydrogens is 300 g/mol. The lowest BCUT2D eigenvalue weighted by Crippen LogP contribution is -2.35. The number of fused-ring (bicyclic) bond motifs is 1. The molecule has 0 unspecified atom stereocenters. The van der Waals surface area contributed by atoms with E-state index < -0.39 is 23.2 Å². The van der Waals surface area contributed by atoms with Gasteiger partial charge in [-0.15, -0.1) is 0 Å². The Labute approximate surface area is 133 Å². The molecule has 1 fully saturated rings. The van der Waals surface area contributed by atoms with E-state index in [2.05, 4.69) is 5.32 Å². The number of rotatable bonds is 3. The lowest BCUT2D eigenvalue weighted by atomic mass is 10.1. The zero-order valence-corrected chi connectivity index (χ0v) is 13.1. The number of ether oxygens (including phenoxy) is 1. The number of hydrogen-bond acceptors (Lipinski definition) is 4. The van der Waals surface area contributed by atoms with Crippen LogP contribution in [0.5, 0.6) is 5.75 Å². The molecule has 0 aromatic heterocycles. The zero-order valence-electron chi connectivity index (χ0n) is 13.1. The van der Waals surface area contributed by atoms with Gasteiger partial charge in [0.15, 0.2) is 6.61 Å². The minimum Gasteiger partial charge on any atom is -0.482 e. The normalized spacial score (nSPS) is 24.5. The van der Waals surface area contributed by atoms with E-state index in [0.29, 0.717) is 17.1 Å². The first kappa shape index (κ1) is 15.3. The van der Waals surface area contributed by atoms with Crippen molar-refractivity contribution in [3.8, 4) is 5.75 Å². The van der Waals surface area contributed by atoms with Crippen molar-refractivity contribution in [2.75, 3.05) is 23.9 Å². The highest BCUT2D eigenvalue weighted by atomic mass is 16.5. The minimum absolute atomic E-state index is 0.00817. The summed E-state index contributed by atoms with van der Waals surface area (Å²) in [6.07, 6.45) is 0. The van der Waals surface area contributed by atoms with Crippen molar-refractivity contribution in [1.82, 2.24) is 0 Å². The van der Waals surface area contributed by atoms with Gasteiger partial charge >= 0.3 is 5.97 Å². The van der Waals surface area contributed by atoms with Gasteiger partial charge in [-0.25, -0.2) is 0 Å². The maximum Gasteiger partial charge on any atom is 0.307 e. The largest absolute Gasteiger partial charge is 0.482 e. The van der Waals surface area contributed by atoms with E-state index in [4.69, 9.17) is 9.84 Å². The SMILES string of the molecule is CN1C(=O)COc2ccc(NC(=O)[C@@H]3[C@@H](C(=O)O)C3(C)C)cc21. The van der Waals surface area contributed by atoms with Crippen molar-refractivity contribution in [2.24, 2.45) is 17.3 Å². The lowest BCUT2D eigenvalue weighted by molar-refractivity contribution is -0.140. The van der Waals surface area contributed by atoms with Gasteiger partial charge in [0.25, 0.3) is 5.91 Å². The topological polar surface area (TPSA) is 95.9 Å². The molecule has 2 amide bonds. The minimum atomic E-state index is -0.959. The highest BCUT2D eigenvalue weighted by molar-refractivity contribution is 6.02. The van der Waals surface area contributed by atoms with E-state index in [1.54, 1.807) is 39.1 Å². The van der Waals surface area contributed by atoms with Crippen LogP contribution in [0.3, 0.4) is 0 Å². The first-order valence-corrected chi connectivity index (χ1v) is 7.30. The van der Waals surface area contributed by atoms with Crippen LogP contribution in [-0.2, 0) is 14.4 Å². The van der Waals surface area contributed by atoms with Gasteiger partial charge in [0.1, 0.15) is 5.75 Å². The van der Waals surface area contributed by atoms with Crippen LogP contribution < -0.4 is 15.0 Å². The molecule has 2 aliphatic rings. The molecule has 3 rings (SSSR count). The number of anilines is 2. The molecule has 2 N–H and O–H groups in total. The van der Waals surface area contributed by atoms with Crippen molar-refractivity contribution < 1.29 is 24.2 Å². The fourth-order valence-corrected chi connectivity index (χ4v) is 3.16. The maximum absolute atomic E-state index is 12.3. The number of carboxylic acids is 1. The van der Waals surface area contributed by atoms with Crippen LogP contribution in [0.15, 0.2) is 18.2 Å². The Hall–Kier alpha value is -2.57. The van der Waals surface area contributed by atoms with Crippen molar-refractivity contribution in [3.63, 3.8) is 0 Å². The molecule has 0 bridgehead atoms. The molecule has 1 aromatic rings. The average molecular weight is 318 g/mol. The summed E-state index contributed by atoms with van der Waals surface area (Å²) in [5.74, 6) is -2.12. The Bertz CT molecular complexity index is 712. The Morgan fingerprint density at radius 1 is 1.35 bits per heavy atom. The number of amides is 2. The predicted octanol–water partition coefficient (Wildman–Crippen LogP) is 1.34. The Kier molecular flexibility index (Phi) is 3.31. The Morgan fingerprint density at radius 3 is 2.65 bits per heavy atom. The first-order chi connectivity index (χ1) is 10.7. The third kappa shape index (κ3) is 2.42. The van der Waals surface area contributed by atoms with Gasteiger partial charge in [0, 0.05) is 12.7 Å². The van der Waals surface area contributed by atoms with E-state index in [-0.39, 0.29) is 18.4 Å². The second kappa shape index (κ2) is 4.97. The molecule has 1 heterocycles. The number of carboxylic acid groups (broad SMARTS) is 1. The van der Waals surface area contributed by atoms with Gasteiger partial charge in [-0.3, -0.25) is 14.4 Å². The summed E-state index contributed by atoms with van der Waals surface area (Å²) >= 11 is 0. The Morgan fingerprint density at radius 2 is 2.04 bits per heavy atom. The van der Waals surface area contributed by atoms with E-state index in [0.717, 1.165) is 0 Å². The molecular formula is C16H18N2O5. The van der Waals surface area contributed by atoms with Crippen molar-refractivity contribution >= 4 is 29.2 Å². The monoisotopic (exact) mass is 318 g/mol. The Balaban J connectivity index is 1.78. The van der Waals surface area contributed by atoms with Gasteiger partial charge in [0.05, 0.1) is 17.5 Å². The standard InChI is InChI=1S/C16H18N2O5/c1-16(2)12(13(16)15(21)22)14(20)17-8-4-5-10-9(6-8)18(3)11(19)7-23-10/h4-6,12-13H,7H2,1-3H3,(H,17,20)(H,21,22)/t12-,13-/m0/s1. The predicted molar refractivity (Wildman–Crippen MR) is 82.4 cm³/mol. The maximum atomic E-state index is 12.3. The summed E-state index contributed by atoms with van der Waals surface area (Å²) in [5.41, 5.74) is 0.523. The van der Waals surface area contributed by atoms with Gasteiger partial charge in [0.2, 0.25) is 5.91 Å². The van der Waals surface area contributed by atoms with E-state index in [9.17, 15) is 14.4 Å². The summed E-state index contributed by atoms with van der Waals surface area (Å²) in [4.78, 5) is 36.6. The summed E-state index contributed by atoms with van der Waals surface area (Å²) in [5, 5.41) is 11.9. The van der Waals surface area contributed by atoms with Crippen LogP contribution >= 0.6 is 0 Å². The zero-order chi connectivity index (χ0) is 16.9. The lowest BCUT2D eigenvalue weighted by Gasteiger charge is -2.26. The van der Waals surface area contributed by atoms with E-state index in [1.165, 1.54) is 4.90 Å². The number of nitrogens with one attached hydrogen (secondary N) is 1. The van der Waals surface area contributed by atoms with E-state index in [1.807, 2.05) is 0 Å². The molecule has 2 atom stereocenters. The molecule has 1 aliphatic heterocycles. The van der Waals surface area contributed by atoms with Gasteiger partial charge < -0.3 is 20.1 Å². The number of nitrogens with zero attached hydrogens (tertiary/aromatic N) is 1. The molecule has 23 heavy (non-hydrogen) atoms. The highest BCUT2D eigenvalue weighted by Gasteiger charge is 2.65. The van der Waals surface area contributed by atoms with Gasteiger partial charge in [-0.05, 0) is 23.6 Å². The van der Waals surface area contributed by atoms with Gasteiger partial charge in [-0.2, -0.15) is 0 Å². The molecule has 1 aliphatic carbocycles. The first-order valence-electron chi connectivity index (χ1n) is 7.30. The molecule has 0 spiro atoms. The van der Waals surface area contributed by atoms with Crippen LogP contribution in [0, 0.1) is 17.3 Å². The summed E-state index contributed by atoms with van der Waals surface area (Å²) in [7, 11) is 1.64. The molecule has 0 radical (unpaired) electrons. The highest BCUT2D eigenvalue weighted by Crippen LogP contribution is 2.58. The van der Waals surface area contributed by atoms with Crippen LogP contribution in [0.4, 0.5) is 11.4 Å². The average Bonchev–Trinajstić information content (AvgIpc) is 3.06. The van der Waals surface area contributed by atoms with E-state index >= 15 is 0 Å². The van der Waals surface area contributed by atoms with Crippen LogP contribution in [0.1, 0.15) is 13.8 Å². The van der Waals surface area contributed by atoms with Crippen molar-refractivity contribution in [3.05, 3.63) is 18.2 Å². The third-order valence-corrected chi connectivity index (χ3v) is 4.69. The van der Waals surface area contributed by atoms with Crippen LogP contribution in [0.25, 0.3) is 0 Å². The second-order valence-corrected chi connectivity index (χ2v) is 6.53. The summed E-state index contributed by atoms with van der Waals surface area (Å²) in [6.45, 7) is 3.53. The van der Waals surface area contributed by atoms with Gasteiger partial charge in [-0.1, -0.05) is 13.8 Å². The molecule has 0 saturated heterocycles. The number of benzene rings is 1. The molecule has 1 aromatic carbocycles. The quantitative estimate of drug-likeness (QED) is 0.876. The molecule has 7 heteroatoms. The number of carbonyl (C=O) groups excluding carboxylic acids is 2. The number of carbonyl (C=O) groups is 3. The fourth-order valence-electron chi connectivity index (χ4n) is 3.16. The van der Waals surface area contributed by atoms with Crippen molar-refractivity contribution in [1.29, 1.82) is 0 Å². The number of likely N-dealkylation sites (N-methyl/N-ethyl adjacent to an activating group) is 1. The summed E-state index contributed by atoms with van der Waals surface area (Å²) in [6, 6.07) is 5.00. The molecule has 1 saturated carbocycles. The summed E-state index contributed by atoms with van der Waals surface area (Å²) < 4.78 is 5.33. The smallest absolute Gasteiger partial charge is 0.307 e. The van der Waals surface area contributed by atoms with Crippen molar-refractivity contribution in [2.45, 2.75) is 13.8 Å². The molecule has 7 nitrogen and oxygen atoms in total. The van der Waals surface area contributed by atoms with Crippen LogP contribution in [0.2, 0.25) is 0 Å². The third-order valence-electron chi connectivity index (χ3n) is 4.69. The second-order valence-electron chi connectivity index (χ2n) is 6.53. The fraction of sp³-hybridized carbons (Fsp3) is 0.438. The number of aliphatic carboxylic acids is 1.